The number of nitrogens with one attached hydrogen (secondary N) is 1. The molecule has 0 aliphatic rings. The second-order valence-corrected chi connectivity index (χ2v) is 4.66. The molecule has 0 unspecified atom stereocenters. The zero-order valence-corrected chi connectivity index (χ0v) is 12.8. The molecule has 0 saturated carbocycles. The van der Waals surface area contributed by atoms with E-state index in [1.165, 1.54) is 5.56 Å². The van der Waals surface area contributed by atoms with Crippen molar-refractivity contribution in [1.29, 1.82) is 0 Å². The fraction of sp³-hybridized carbons (Fsp3) is 0.353. The molecule has 0 fully saturated rings. The van der Waals surface area contributed by atoms with Crippen LogP contribution in [0, 0.1) is 6.92 Å². The average molecular weight is 286 g/mol. The molecule has 0 atom stereocenters. The molecule has 112 valence electrons. The molecule has 4 nitrogen and oxygen atoms in total. The van der Waals surface area contributed by atoms with E-state index in [1.54, 1.807) is 0 Å². The fourth-order valence-electron chi connectivity index (χ4n) is 1.99. The highest BCUT2D eigenvalue weighted by atomic mass is 16.5. The number of hydrogen-bond acceptors (Lipinski definition) is 4. The fourth-order valence-corrected chi connectivity index (χ4v) is 1.99. The van der Waals surface area contributed by atoms with Gasteiger partial charge in [-0.2, -0.15) is 0 Å². The maximum atomic E-state index is 5.85. The second kappa shape index (κ2) is 7.64. The van der Waals surface area contributed by atoms with Crippen LogP contribution in [0.2, 0.25) is 0 Å². The van der Waals surface area contributed by atoms with E-state index in [4.69, 9.17) is 9.47 Å². The number of para-hydroxylation sites is 2. The van der Waals surface area contributed by atoms with Crippen LogP contribution in [0.25, 0.3) is 0 Å². The van der Waals surface area contributed by atoms with Crippen molar-refractivity contribution in [2.45, 2.75) is 27.3 Å². The lowest BCUT2D eigenvalue weighted by Crippen LogP contribution is -2.13. The Morgan fingerprint density at radius 1 is 1.05 bits per heavy atom. The van der Waals surface area contributed by atoms with Gasteiger partial charge in [0.05, 0.1) is 6.61 Å². The first-order valence-corrected chi connectivity index (χ1v) is 7.31. The van der Waals surface area contributed by atoms with Gasteiger partial charge in [-0.15, -0.1) is 0 Å². The minimum absolute atomic E-state index is 0.583. The molecular formula is C17H22N2O2. The zero-order chi connectivity index (χ0) is 15.1. The number of hydrogen-bond donors (Lipinski definition) is 1. The Kier molecular flexibility index (Phi) is 5.58. The predicted molar refractivity (Wildman–Crippen MR) is 84.0 cm³/mol. The molecule has 4 heteroatoms. The highest BCUT2D eigenvalue weighted by Gasteiger charge is 2.07. The third kappa shape index (κ3) is 4.20. The summed E-state index contributed by atoms with van der Waals surface area (Å²) in [5.74, 6) is 2.00. The molecule has 1 heterocycles. The number of aryl methyl sites for hydroxylation is 1. The van der Waals surface area contributed by atoms with E-state index in [0.717, 1.165) is 24.5 Å². The Balaban J connectivity index is 2.15. The maximum absolute atomic E-state index is 5.85. The van der Waals surface area contributed by atoms with Crippen molar-refractivity contribution >= 4 is 0 Å². The summed E-state index contributed by atoms with van der Waals surface area (Å²) in [6, 6.07) is 11.6. The third-order valence-electron chi connectivity index (χ3n) is 3.10. The summed E-state index contributed by atoms with van der Waals surface area (Å²) in [6.45, 7) is 8.41. The lowest BCUT2D eigenvalue weighted by molar-refractivity contribution is 0.319. The summed E-state index contributed by atoms with van der Waals surface area (Å²) < 4.78 is 11.4. The van der Waals surface area contributed by atoms with Gasteiger partial charge in [0.25, 0.3) is 0 Å². The van der Waals surface area contributed by atoms with Crippen LogP contribution in [0.15, 0.2) is 36.4 Å². The van der Waals surface area contributed by atoms with Crippen molar-refractivity contribution < 1.29 is 9.47 Å². The lowest BCUT2D eigenvalue weighted by atomic mass is 10.2. The number of aromatic nitrogens is 1. The monoisotopic (exact) mass is 286 g/mol. The van der Waals surface area contributed by atoms with Crippen LogP contribution in [0.4, 0.5) is 0 Å². The zero-order valence-electron chi connectivity index (χ0n) is 12.8. The van der Waals surface area contributed by atoms with Crippen LogP contribution >= 0.6 is 0 Å². The Morgan fingerprint density at radius 3 is 2.48 bits per heavy atom. The molecule has 1 N–H and O–H groups in total. The Morgan fingerprint density at radius 2 is 1.81 bits per heavy atom. The van der Waals surface area contributed by atoms with Crippen LogP contribution in [0.5, 0.6) is 17.4 Å². The summed E-state index contributed by atoms with van der Waals surface area (Å²) in [5, 5.41) is 3.30. The smallest absolute Gasteiger partial charge is 0.219 e. The van der Waals surface area contributed by atoms with Gasteiger partial charge < -0.3 is 14.8 Å². The molecule has 1 aromatic carbocycles. The van der Waals surface area contributed by atoms with Gasteiger partial charge in [-0.1, -0.05) is 25.1 Å². The molecule has 0 radical (unpaired) electrons. The second-order valence-electron chi connectivity index (χ2n) is 4.66. The number of ether oxygens (including phenoxy) is 2. The van der Waals surface area contributed by atoms with Gasteiger partial charge in [-0.25, -0.2) is 4.98 Å². The minimum atomic E-state index is 0.583. The van der Waals surface area contributed by atoms with E-state index in [-0.39, 0.29) is 0 Å². The minimum Gasteiger partial charge on any atom is -0.490 e. The topological polar surface area (TPSA) is 43.4 Å². The summed E-state index contributed by atoms with van der Waals surface area (Å²) in [6.07, 6.45) is 0. The van der Waals surface area contributed by atoms with Gasteiger partial charge in [0, 0.05) is 18.3 Å². The van der Waals surface area contributed by atoms with Gasteiger partial charge in [-0.05, 0) is 38.1 Å². The van der Waals surface area contributed by atoms with Gasteiger partial charge in [-0.3, -0.25) is 0 Å². The first-order chi connectivity index (χ1) is 10.2. The number of pyridine rings is 1. The first-order valence-electron chi connectivity index (χ1n) is 7.31. The van der Waals surface area contributed by atoms with Crippen molar-refractivity contribution in [2.75, 3.05) is 13.2 Å². The maximum Gasteiger partial charge on any atom is 0.219 e. The van der Waals surface area contributed by atoms with Crippen LogP contribution < -0.4 is 14.8 Å². The van der Waals surface area contributed by atoms with Gasteiger partial charge in [0.2, 0.25) is 5.88 Å². The molecule has 0 aliphatic heterocycles. The molecule has 0 bridgehead atoms. The SMILES string of the molecule is CCNCc1ccc(Oc2ccccc2OCC)nc1C. The summed E-state index contributed by atoms with van der Waals surface area (Å²) in [7, 11) is 0. The molecule has 1 aromatic heterocycles. The quantitative estimate of drug-likeness (QED) is 0.843. The van der Waals surface area contributed by atoms with E-state index >= 15 is 0 Å². The van der Waals surface area contributed by atoms with Crippen molar-refractivity contribution in [3.05, 3.63) is 47.7 Å². The molecule has 2 rings (SSSR count). The van der Waals surface area contributed by atoms with Crippen molar-refractivity contribution in [3.8, 4) is 17.4 Å². The summed E-state index contributed by atoms with van der Waals surface area (Å²) in [5.41, 5.74) is 2.16. The van der Waals surface area contributed by atoms with E-state index in [1.807, 2.05) is 50.2 Å². The Hall–Kier alpha value is -2.07. The Labute approximate surface area is 126 Å². The van der Waals surface area contributed by atoms with Gasteiger partial charge in [0.1, 0.15) is 0 Å². The molecule has 0 amide bonds. The lowest BCUT2D eigenvalue weighted by Gasteiger charge is -2.12. The van der Waals surface area contributed by atoms with Crippen molar-refractivity contribution in [1.82, 2.24) is 10.3 Å². The standard InChI is InChI=1S/C17H22N2O2/c1-4-18-12-14-10-11-17(19-13(14)3)21-16-9-7-6-8-15(16)20-5-2/h6-11,18H,4-5,12H2,1-3H3. The first kappa shape index (κ1) is 15.3. The molecule has 2 aromatic rings. The number of nitrogens with zero attached hydrogens (tertiary/aromatic N) is 1. The highest BCUT2D eigenvalue weighted by Crippen LogP contribution is 2.30. The van der Waals surface area contributed by atoms with Crippen LogP contribution in [0.1, 0.15) is 25.1 Å². The van der Waals surface area contributed by atoms with Gasteiger partial charge >= 0.3 is 0 Å². The number of rotatable bonds is 7. The van der Waals surface area contributed by atoms with Crippen LogP contribution in [0.3, 0.4) is 0 Å². The molecule has 0 spiro atoms. The normalized spacial score (nSPS) is 10.4. The molecule has 21 heavy (non-hydrogen) atoms. The largest absolute Gasteiger partial charge is 0.490 e. The molecule has 0 saturated heterocycles. The van der Waals surface area contributed by atoms with Crippen LogP contribution in [-0.4, -0.2) is 18.1 Å². The number of benzene rings is 1. The predicted octanol–water partition coefficient (Wildman–Crippen LogP) is 3.69. The van der Waals surface area contributed by atoms with Crippen molar-refractivity contribution in [3.63, 3.8) is 0 Å². The third-order valence-corrected chi connectivity index (χ3v) is 3.10. The summed E-state index contributed by atoms with van der Waals surface area (Å²) >= 11 is 0. The molecule has 0 aliphatic carbocycles. The summed E-state index contributed by atoms with van der Waals surface area (Å²) in [4.78, 5) is 4.50. The highest BCUT2D eigenvalue weighted by molar-refractivity contribution is 5.42. The van der Waals surface area contributed by atoms with E-state index < -0.39 is 0 Å². The van der Waals surface area contributed by atoms with Crippen molar-refractivity contribution in [2.24, 2.45) is 0 Å². The average Bonchev–Trinajstić information content (AvgIpc) is 2.49. The Bertz CT molecular complexity index is 585. The van der Waals surface area contributed by atoms with E-state index in [2.05, 4.69) is 17.2 Å². The van der Waals surface area contributed by atoms with Crippen LogP contribution in [-0.2, 0) is 6.54 Å². The van der Waals surface area contributed by atoms with E-state index in [9.17, 15) is 0 Å². The van der Waals surface area contributed by atoms with Gasteiger partial charge in [0.15, 0.2) is 11.5 Å². The van der Waals surface area contributed by atoms with E-state index in [0.29, 0.717) is 18.2 Å². The molecular weight excluding hydrogens is 264 g/mol.